The molecule has 0 aliphatic carbocycles. The van der Waals surface area contributed by atoms with Crippen molar-refractivity contribution in [3.8, 4) is 5.75 Å². The maximum absolute atomic E-state index is 10.5. The number of nitro groups is 1. The molecular formula is C11H13NO3. The van der Waals surface area contributed by atoms with Gasteiger partial charge in [0, 0.05) is 6.07 Å². The molecule has 0 saturated heterocycles. The van der Waals surface area contributed by atoms with Crippen LogP contribution in [0.5, 0.6) is 5.75 Å². The minimum atomic E-state index is -0.437. The highest BCUT2D eigenvalue weighted by Crippen LogP contribution is 2.24. The number of rotatable bonds is 4. The van der Waals surface area contributed by atoms with Gasteiger partial charge in [-0.1, -0.05) is 6.58 Å². The lowest BCUT2D eigenvalue weighted by molar-refractivity contribution is -0.384. The van der Waals surface area contributed by atoms with E-state index < -0.39 is 4.92 Å². The topological polar surface area (TPSA) is 52.4 Å². The number of ether oxygens (including phenoxy) is 1. The summed E-state index contributed by atoms with van der Waals surface area (Å²) in [5.41, 5.74) is 1.79. The van der Waals surface area contributed by atoms with Gasteiger partial charge in [0.1, 0.15) is 12.4 Å². The minimum Gasteiger partial charge on any atom is -0.489 e. The van der Waals surface area contributed by atoms with Crippen LogP contribution in [0, 0.1) is 17.0 Å². The molecule has 4 nitrogen and oxygen atoms in total. The lowest BCUT2D eigenvalue weighted by atomic mass is 10.2. The van der Waals surface area contributed by atoms with Gasteiger partial charge in [-0.2, -0.15) is 0 Å². The van der Waals surface area contributed by atoms with Gasteiger partial charge in [-0.05, 0) is 31.1 Å². The Labute approximate surface area is 88.3 Å². The lowest BCUT2D eigenvalue weighted by Gasteiger charge is -2.08. The molecule has 0 fully saturated rings. The second-order valence-corrected chi connectivity index (χ2v) is 3.45. The molecule has 0 atom stereocenters. The van der Waals surface area contributed by atoms with Gasteiger partial charge in [-0.3, -0.25) is 10.1 Å². The molecule has 4 heteroatoms. The first-order valence-electron chi connectivity index (χ1n) is 4.53. The van der Waals surface area contributed by atoms with Crippen LogP contribution >= 0.6 is 0 Å². The Morgan fingerprint density at radius 1 is 1.60 bits per heavy atom. The second-order valence-electron chi connectivity index (χ2n) is 3.45. The van der Waals surface area contributed by atoms with Crippen LogP contribution in [0.25, 0.3) is 0 Å². The number of benzene rings is 1. The Bertz CT molecular complexity index is 399. The molecule has 0 radical (unpaired) electrons. The molecule has 0 heterocycles. The van der Waals surface area contributed by atoms with E-state index in [1.807, 2.05) is 13.8 Å². The van der Waals surface area contributed by atoms with E-state index in [1.54, 1.807) is 6.07 Å². The van der Waals surface area contributed by atoms with Crippen LogP contribution in [0.15, 0.2) is 30.4 Å². The third-order valence-electron chi connectivity index (χ3n) is 1.86. The van der Waals surface area contributed by atoms with E-state index in [1.165, 1.54) is 12.1 Å². The Morgan fingerprint density at radius 3 is 2.80 bits per heavy atom. The highest BCUT2D eigenvalue weighted by Gasteiger charge is 2.09. The molecule has 0 aliphatic rings. The van der Waals surface area contributed by atoms with Crippen molar-refractivity contribution in [1.82, 2.24) is 0 Å². The summed E-state index contributed by atoms with van der Waals surface area (Å²) in [4.78, 5) is 10.1. The number of aryl methyl sites for hydroxylation is 1. The summed E-state index contributed by atoms with van der Waals surface area (Å²) >= 11 is 0. The Kier molecular flexibility index (Phi) is 3.44. The molecule has 0 aromatic heterocycles. The first kappa shape index (κ1) is 11.2. The molecule has 0 spiro atoms. The van der Waals surface area contributed by atoms with Crippen molar-refractivity contribution in [2.45, 2.75) is 13.8 Å². The molecule has 0 unspecified atom stereocenters. The quantitative estimate of drug-likeness (QED) is 0.433. The molecule has 0 amide bonds. The summed E-state index contributed by atoms with van der Waals surface area (Å²) < 4.78 is 5.39. The van der Waals surface area contributed by atoms with Crippen molar-refractivity contribution in [2.75, 3.05) is 6.61 Å². The van der Waals surface area contributed by atoms with Crippen LogP contribution in [-0.2, 0) is 0 Å². The van der Waals surface area contributed by atoms with Gasteiger partial charge in [0.2, 0.25) is 0 Å². The maximum atomic E-state index is 10.5. The zero-order valence-electron chi connectivity index (χ0n) is 8.82. The van der Waals surface area contributed by atoms with E-state index in [0.29, 0.717) is 12.4 Å². The van der Waals surface area contributed by atoms with Gasteiger partial charge < -0.3 is 4.74 Å². The van der Waals surface area contributed by atoms with Crippen LogP contribution in [0.2, 0.25) is 0 Å². The summed E-state index contributed by atoms with van der Waals surface area (Å²) in [7, 11) is 0. The number of nitro benzene ring substituents is 1. The predicted molar refractivity (Wildman–Crippen MR) is 58.1 cm³/mol. The van der Waals surface area contributed by atoms with Crippen molar-refractivity contribution in [2.24, 2.45) is 0 Å². The molecule has 80 valence electrons. The van der Waals surface area contributed by atoms with Crippen molar-refractivity contribution in [3.63, 3.8) is 0 Å². The second kappa shape index (κ2) is 4.59. The van der Waals surface area contributed by atoms with Crippen molar-refractivity contribution < 1.29 is 9.66 Å². The third-order valence-corrected chi connectivity index (χ3v) is 1.86. The van der Waals surface area contributed by atoms with Crippen molar-refractivity contribution in [3.05, 3.63) is 46.0 Å². The SMILES string of the molecule is C=C(C)COc1cc([N+](=O)[O-])ccc1C. The zero-order chi connectivity index (χ0) is 11.4. The van der Waals surface area contributed by atoms with Gasteiger partial charge >= 0.3 is 0 Å². The van der Waals surface area contributed by atoms with Crippen LogP contribution < -0.4 is 4.74 Å². The van der Waals surface area contributed by atoms with Gasteiger partial charge in [0.25, 0.3) is 5.69 Å². The monoisotopic (exact) mass is 207 g/mol. The van der Waals surface area contributed by atoms with E-state index in [2.05, 4.69) is 6.58 Å². The number of non-ortho nitro benzene ring substituents is 1. The van der Waals surface area contributed by atoms with Crippen LogP contribution in [0.3, 0.4) is 0 Å². The van der Waals surface area contributed by atoms with E-state index in [4.69, 9.17) is 4.74 Å². The fourth-order valence-electron chi connectivity index (χ4n) is 1.06. The number of hydrogen-bond donors (Lipinski definition) is 0. The molecule has 0 saturated carbocycles. The molecule has 1 aromatic rings. The smallest absolute Gasteiger partial charge is 0.273 e. The minimum absolute atomic E-state index is 0.0392. The number of nitrogens with zero attached hydrogens (tertiary/aromatic N) is 1. The summed E-state index contributed by atoms with van der Waals surface area (Å²) in [6, 6.07) is 4.56. The van der Waals surface area contributed by atoms with Crippen LogP contribution in [-0.4, -0.2) is 11.5 Å². The zero-order valence-corrected chi connectivity index (χ0v) is 8.82. The lowest BCUT2D eigenvalue weighted by Crippen LogP contribution is -2.00. The highest BCUT2D eigenvalue weighted by molar-refractivity contribution is 5.43. The first-order valence-corrected chi connectivity index (χ1v) is 4.53. The van der Waals surface area contributed by atoms with Crippen LogP contribution in [0.1, 0.15) is 12.5 Å². The summed E-state index contributed by atoms with van der Waals surface area (Å²) in [6.45, 7) is 7.76. The van der Waals surface area contributed by atoms with Gasteiger partial charge in [0.05, 0.1) is 11.0 Å². The Balaban J connectivity index is 2.90. The van der Waals surface area contributed by atoms with Gasteiger partial charge in [0.15, 0.2) is 0 Å². The summed E-state index contributed by atoms with van der Waals surface area (Å²) in [5.74, 6) is 0.534. The fraction of sp³-hybridized carbons (Fsp3) is 0.273. The van der Waals surface area contributed by atoms with E-state index in [9.17, 15) is 10.1 Å². The largest absolute Gasteiger partial charge is 0.489 e. The molecule has 1 aromatic carbocycles. The molecule has 0 aliphatic heterocycles. The molecule has 15 heavy (non-hydrogen) atoms. The average Bonchev–Trinajstić information content (AvgIpc) is 2.16. The summed E-state index contributed by atoms with van der Waals surface area (Å²) in [6.07, 6.45) is 0. The van der Waals surface area contributed by atoms with Crippen molar-refractivity contribution in [1.29, 1.82) is 0 Å². The summed E-state index contributed by atoms with van der Waals surface area (Å²) in [5, 5.41) is 10.5. The maximum Gasteiger partial charge on any atom is 0.273 e. The standard InChI is InChI=1S/C11H13NO3/c1-8(2)7-15-11-6-10(12(13)14)5-4-9(11)3/h4-6H,1,7H2,2-3H3. The van der Waals surface area contributed by atoms with E-state index in [0.717, 1.165) is 11.1 Å². The molecular weight excluding hydrogens is 194 g/mol. The normalized spacial score (nSPS) is 9.73. The van der Waals surface area contributed by atoms with Gasteiger partial charge in [-0.25, -0.2) is 0 Å². The predicted octanol–water partition coefficient (Wildman–Crippen LogP) is 2.86. The van der Waals surface area contributed by atoms with E-state index >= 15 is 0 Å². The first-order chi connectivity index (χ1) is 7.00. The third kappa shape index (κ3) is 3.09. The van der Waals surface area contributed by atoms with E-state index in [-0.39, 0.29) is 5.69 Å². The van der Waals surface area contributed by atoms with Gasteiger partial charge in [-0.15, -0.1) is 0 Å². The molecule has 1 rings (SSSR count). The average molecular weight is 207 g/mol. The molecule has 0 bridgehead atoms. The Morgan fingerprint density at radius 2 is 2.27 bits per heavy atom. The number of hydrogen-bond acceptors (Lipinski definition) is 3. The fourth-order valence-corrected chi connectivity index (χ4v) is 1.06. The van der Waals surface area contributed by atoms with Crippen molar-refractivity contribution >= 4 is 5.69 Å². The van der Waals surface area contributed by atoms with Crippen LogP contribution in [0.4, 0.5) is 5.69 Å². The highest BCUT2D eigenvalue weighted by atomic mass is 16.6. The molecule has 0 N–H and O–H groups in total. The Hall–Kier alpha value is -1.84.